The lowest BCUT2D eigenvalue weighted by Crippen LogP contribution is -2.56. The molecule has 0 saturated carbocycles. The van der Waals surface area contributed by atoms with E-state index in [1.807, 2.05) is 31.2 Å². The van der Waals surface area contributed by atoms with Crippen molar-refractivity contribution in [3.05, 3.63) is 59.7 Å². The quantitative estimate of drug-likeness (QED) is 0.618. The molecule has 0 spiro atoms. The van der Waals surface area contributed by atoms with Gasteiger partial charge in [-0.25, -0.2) is 9.59 Å². The van der Waals surface area contributed by atoms with Gasteiger partial charge in [0.25, 0.3) is 0 Å². The molecule has 180 valence electrons. The summed E-state index contributed by atoms with van der Waals surface area (Å²) >= 11 is 0. The number of likely N-dealkylation sites (N-methyl/N-ethyl adjacent to an activating group) is 1. The summed E-state index contributed by atoms with van der Waals surface area (Å²) in [6.07, 6.45) is 0.120. The van der Waals surface area contributed by atoms with Crippen molar-refractivity contribution in [2.75, 3.05) is 26.9 Å². The molecule has 2 unspecified atom stereocenters. The fourth-order valence-electron chi connectivity index (χ4n) is 4.82. The van der Waals surface area contributed by atoms with Crippen LogP contribution in [-0.2, 0) is 19.1 Å². The molecular formula is C26H30N2O6. The lowest BCUT2D eigenvalue weighted by atomic mass is 9.96. The van der Waals surface area contributed by atoms with Crippen molar-refractivity contribution in [1.82, 2.24) is 10.2 Å². The zero-order valence-electron chi connectivity index (χ0n) is 19.5. The SMILES string of the molecule is CCC(CC(=O)N(C)C1(C(=O)O)CCOC1)NC(=O)OCC1c2ccccc2-c2ccccc21. The zero-order valence-corrected chi connectivity index (χ0v) is 19.5. The Morgan fingerprint density at radius 1 is 1.15 bits per heavy atom. The van der Waals surface area contributed by atoms with Crippen molar-refractivity contribution in [2.24, 2.45) is 0 Å². The van der Waals surface area contributed by atoms with Crippen LogP contribution in [0.5, 0.6) is 0 Å². The van der Waals surface area contributed by atoms with Crippen LogP contribution >= 0.6 is 0 Å². The van der Waals surface area contributed by atoms with Crippen molar-refractivity contribution in [3.63, 3.8) is 0 Å². The number of amides is 2. The normalized spacial score (nSPS) is 19.7. The van der Waals surface area contributed by atoms with E-state index in [9.17, 15) is 19.5 Å². The summed E-state index contributed by atoms with van der Waals surface area (Å²) in [7, 11) is 1.48. The van der Waals surface area contributed by atoms with Crippen LogP contribution in [0.4, 0.5) is 4.79 Å². The molecule has 2 N–H and O–H groups in total. The van der Waals surface area contributed by atoms with Gasteiger partial charge in [0, 0.05) is 38.5 Å². The average Bonchev–Trinajstić information content (AvgIpc) is 3.46. The van der Waals surface area contributed by atoms with E-state index in [1.54, 1.807) is 0 Å². The number of hydrogen-bond donors (Lipinski definition) is 2. The zero-order chi connectivity index (χ0) is 24.3. The fourth-order valence-corrected chi connectivity index (χ4v) is 4.82. The number of fused-ring (bicyclic) bond motifs is 3. The van der Waals surface area contributed by atoms with E-state index in [1.165, 1.54) is 11.9 Å². The number of hydrogen-bond acceptors (Lipinski definition) is 5. The lowest BCUT2D eigenvalue weighted by molar-refractivity contribution is -0.158. The number of aliphatic carboxylic acids is 1. The number of nitrogens with one attached hydrogen (secondary N) is 1. The summed E-state index contributed by atoms with van der Waals surface area (Å²) < 4.78 is 10.8. The minimum Gasteiger partial charge on any atom is -0.479 e. The van der Waals surface area contributed by atoms with Gasteiger partial charge in [0.15, 0.2) is 5.54 Å². The molecule has 2 atom stereocenters. The third-order valence-corrected chi connectivity index (χ3v) is 6.99. The van der Waals surface area contributed by atoms with Gasteiger partial charge in [0.2, 0.25) is 5.91 Å². The fraction of sp³-hybridized carbons (Fsp3) is 0.423. The first-order valence-electron chi connectivity index (χ1n) is 11.6. The van der Waals surface area contributed by atoms with Gasteiger partial charge < -0.3 is 24.8 Å². The van der Waals surface area contributed by atoms with E-state index in [0.717, 1.165) is 22.3 Å². The van der Waals surface area contributed by atoms with Crippen LogP contribution in [-0.4, -0.2) is 66.4 Å². The Bertz CT molecular complexity index is 1030. The van der Waals surface area contributed by atoms with Crippen LogP contribution in [0.25, 0.3) is 11.1 Å². The lowest BCUT2D eigenvalue weighted by Gasteiger charge is -2.34. The summed E-state index contributed by atoms with van der Waals surface area (Å²) in [6.45, 7) is 2.29. The van der Waals surface area contributed by atoms with Gasteiger partial charge in [0.1, 0.15) is 6.61 Å². The number of benzene rings is 2. The molecule has 2 aromatic carbocycles. The second-order valence-corrected chi connectivity index (χ2v) is 8.87. The predicted octanol–water partition coefficient (Wildman–Crippen LogP) is 3.40. The highest BCUT2D eigenvalue weighted by Gasteiger charge is 2.48. The highest BCUT2D eigenvalue weighted by molar-refractivity contribution is 5.88. The Morgan fingerprint density at radius 3 is 2.29 bits per heavy atom. The van der Waals surface area contributed by atoms with E-state index in [2.05, 4.69) is 29.6 Å². The maximum atomic E-state index is 12.8. The summed E-state index contributed by atoms with van der Waals surface area (Å²) in [4.78, 5) is 38.5. The Labute approximate surface area is 198 Å². The van der Waals surface area contributed by atoms with Crippen molar-refractivity contribution >= 4 is 18.0 Å². The molecule has 1 aliphatic carbocycles. The minimum absolute atomic E-state index is 0.0216. The second-order valence-electron chi connectivity index (χ2n) is 8.87. The number of alkyl carbamates (subject to hydrolysis) is 1. The molecule has 2 aromatic rings. The largest absolute Gasteiger partial charge is 0.479 e. The summed E-state index contributed by atoms with van der Waals surface area (Å²) in [5, 5.41) is 12.4. The number of carbonyl (C=O) groups excluding carboxylic acids is 2. The van der Waals surface area contributed by atoms with E-state index < -0.39 is 23.6 Å². The standard InChI is InChI=1S/C26H30N2O6/c1-3-17(14-23(29)28(2)26(24(30)31)12-13-33-16-26)27-25(32)34-15-22-20-10-6-4-8-18(20)19-9-5-7-11-21(19)22/h4-11,17,22H,3,12-16H2,1-2H3,(H,27,32)(H,30,31). The van der Waals surface area contributed by atoms with Gasteiger partial charge in [-0.1, -0.05) is 55.5 Å². The van der Waals surface area contributed by atoms with Gasteiger partial charge >= 0.3 is 12.1 Å². The first-order chi connectivity index (χ1) is 16.4. The van der Waals surface area contributed by atoms with Gasteiger partial charge in [-0.05, 0) is 28.7 Å². The van der Waals surface area contributed by atoms with Crippen molar-refractivity contribution in [2.45, 2.75) is 43.7 Å². The van der Waals surface area contributed by atoms with Crippen LogP contribution < -0.4 is 5.32 Å². The molecule has 2 aliphatic rings. The predicted molar refractivity (Wildman–Crippen MR) is 125 cm³/mol. The highest BCUT2D eigenvalue weighted by atomic mass is 16.5. The molecule has 8 heteroatoms. The van der Waals surface area contributed by atoms with Crippen LogP contribution in [0.1, 0.15) is 43.2 Å². The number of rotatable bonds is 8. The second kappa shape index (κ2) is 9.85. The Morgan fingerprint density at radius 2 is 1.76 bits per heavy atom. The first-order valence-corrected chi connectivity index (χ1v) is 11.6. The van der Waals surface area contributed by atoms with Crippen LogP contribution in [0.15, 0.2) is 48.5 Å². The number of nitrogens with zero attached hydrogens (tertiary/aromatic N) is 1. The summed E-state index contributed by atoms with van der Waals surface area (Å²) in [5.41, 5.74) is 3.18. The third-order valence-electron chi connectivity index (χ3n) is 6.99. The van der Waals surface area contributed by atoms with Gasteiger partial charge in [-0.2, -0.15) is 0 Å². The van der Waals surface area contributed by atoms with Crippen molar-refractivity contribution in [1.29, 1.82) is 0 Å². The third kappa shape index (κ3) is 4.37. The summed E-state index contributed by atoms with van der Waals surface area (Å²) in [5.74, 6) is -1.50. The van der Waals surface area contributed by atoms with Crippen LogP contribution in [0.3, 0.4) is 0 Å². The van der Waals surface area contributed by atoms with E-state index in [-0.39, 0.29) is 37.9 Å². The molecule has 4 rings (SSSR count). The van der Waals surface area contributed by atoms with E-state index >= 15 is 0 Å². The molecule has 1 fully saturated rings. The average molecular weight is 467 g/mol. The Kier molecular flexibility index (Phi) is 6.88. The number of carboxylic acids is 1. The molecule has 1 saturated heterocycles. The maximum absolute atomic E-state index is 12.8. The van der Waals surface area contributed by atoms with Gasteiger partial charge in [0.05, 0.1) is 6.61 Å². The van der Waals surface area contributed by atoms with Crippen molar-refractivity contribution < 1.29 is 29.0 Å². The number of carboxylic acid groups (broad SMARTS) is 1. The molecule has 34 heavy (non-hydrogen) atoms. The molecule has 2 amide bonds. The smallest absolute Gasteiger partial charge is 0.407 e. The molecule has 0 bridgehead atoms. The molecular weight excluding hydrogens is 436 g/mol. The Hall–Kier alpha value is -3.39. The van der Waals surface area contributed by atoms with Gasteiger partial charge in [-0.3, -0.25) is 4.79 Å². The van der Waals surface area contributed by atoms with E-state index in [0.29, 0.717) is 13.0 Å². The maximum Gasteiger partial charge on any atom is 0.407 e. The monoisotopic (exact) mass is 466 g/mol. The molecule has 0 radical (unpaired) electrons. The first kappa shape index (κ1) is 23.8. The van der Waals surface area contributed by atoms with Crippen LogP contribution in [0, 0.1) is 0 Å². The molecule has 1 aliphatic heterocycles. The van der Waals surface area contributed by atoms with E-state index in [4.69, 9.17) is 9.47 Å². The molecule has 1 heterocycles. The topological polar surface area (TPSA) is 105 Å². The van der Waals surface area contributed by atoms with Gasteiger partial charge in [-0.15, -0.1) is 0 Å². The summed E-state index contributed by atoms with van der Waals surface area (Å²) in [6, 6.07) is 15.7. The van der Waals surface area contributed by atoms with Crippen LogP contribution in [0.2, 0.25) is 0 Å². The molecule has 0 aromatic heterocycles. The molecule has 8 nitrogen and oxygen atoms in total. The van der Waals surface area contributed by atoms with Crippen molar-refractivity contribution in [3.8, 4) is 11.1 Å². The minimum atomic E-state index is -1.36. The number of ether oxygens (including phenoxy) is 2. The highest BCUT2D eigenvalue weighted by Crippen LogP contribution is 2.44. The Balaban J connectivity index is 1.36. The number of carbonyl (C=O) groups is 3.